The van der Waals surface area contributed by atoms with Crippen molar-refractivity contribution in [2.24, 2.45) is 16.3 Å². The summed E-state index contributed by atoms with van der Waals surface area (Å²) in [5.74, 6) is 1.74. The Kier molecular flexibility index (Phi) is 4.72. The van der Waals surface area contributed by atoms with Crippen LogP contribution in [0.1, 0.15) is 58.8 Å². The van der Waals surface area contributed by atoms with E-state index in [1.54, 1.807) is 0 Å². The Morgan fingerprint density at radius 3 is 2.81 bits per heavy atom. The standard InChI is InChI=1S/C17H31N3O/c1-3-5-6-11-19-16(18-4-2)20-14-13-8-12-21-15(13)17(14)9-7-10-17/h13-15H,3-12H2,1-2H3,(H2,18,19,20). The van der Waals surface area contributed by atoms with Crippen LogP contribution < -0.4 is 10.6 Å². The highest BCUT2D eigenvalue weighted by Gasteiger charge is 2.66. The van der Waals surface area contributed by atoms with Crippen molar-refractivity contribution in [1.29, 1.82) is 0 Å². The van der Waals surface area contributed by atoms with Crippen LogP contribution in [0, 0.1) is 11.3 Å². The normalized spacial score (nSPS) is 33.2. The molecule has 1 heterocycles. The Bertz CT molecular complexity index is 378. The molecule has 0 amide bonds. The first kappa shape index (κ1) is 15.1. The molecule has 1 spiro atoms. The summed E-state index contributed by atoms with van der Waals surface area (Å²) in [4.78, 5) is 4.76. The lowest BCUT2D eigenvalue weighted by atomic mass is 9.46. The van der Waals surface area contributed by atoms with Crippen molar-refractivity contribution < 1.29 is 4.74 Å². The average Bonchev–Trinajstić information content (AvgIpc) is 2.84. The zero-order valence-corrected chi connectivity index (χ0v) is 13.7. The summed E-state index contributed by atoms with van der Waals surface area (Å²) in [6.45, 7) is 7.21. The molecule has 1 aliphatic heterocycles. The molecule has 0 aromatic rings. The van der Waals surface area contributed by atoms with Crippen molar-refractivity contribution in [3.63, 3.8) is 0 Å². The van der Waals surface area contributed by atoms with Gasteiger partial charge in [-0.05, 0) is 32.6 Å². The van der Waals surface area contributed by atoms with Crippen molar-refractivity contribution in [3.05, 3.63) is 0 Å². The van der Waals surface area contributed by atoms with E-state index < -0.39 is 0 Å². The van der Waals surface area contributed by atoms with Crippen LogP contribution in [0.15, 0.2) is 4.99 Å². The molecule has 1 saturated heterocycles. The highest BCUT2D eigenvalue weighted by Crippen LogP contribution is 2.62. The molecule has 21 heavy (non-hydrogen) atoms. The van der Waals surface area contributed by atoms with E-state index in [4.69, 9.17) is 9.73 Å². The third-order valence-electron chi connectivity index (χ3n) is 5.70. The number of hydrogen-bond acceptors (Lipinski definition) is 2. The number of guanidine groups is 1. The van der Waals surface area contributed by atoms with Gasteiger partial charge >= 0.3 is 0 Å². The van der Waals surface area contributed by atoms with E-state index in [-0.39, 0.29) is 0 Å². The first-order valence-corrected chi connectivity index (χ1v) is 8.98. The number of aliphatic imine (C=N–C) groups is 1. The number of hydrogen-bond donors (Lipinski definition) is 2. The molecule has 4 nitrogen and oxygen atoms in total. The van der Waals surface area contributed by atoms with Crippen LogP contribution in [0.2, 0.25) is 0 Å². The summed E-state index contributed by atoms with van der Waals surface area (Å²) in [5, 5.41) is 7.18. The molecule has 3 fully saturated rings. The van der Waals surface area contributed by atoms with Gasteiger partial charge in [0.05, 0.1) is 6.10 Å². The Morgan fingerprint density at radius 2 is 2.14 bits per heavy atom. The predicted molar refractivity (Wildman–Crippen MR) is 86.6 cm³/mol. The summed E-state index contributed by atoms with van der Waals surface area (Å²) in [7, 11) is 0. The third kappa shape index (κ3) is 2.67. The van der Waals surface area contributed by atoms with Crippen molar-refractivity contribution in [1.82, 2.24) is 10.6 Å². The van der Waals surface area contributed by atoms with Crippen LogP contribution >= 0.6 is 0 Å². The van der Waals surface area contributed by atoms with E-state index in [2.05, 4.69) is 24.5 Å². The van der Waals surface area contributed by atoms with E-state index in [1.807, 2.05) is 0 Å². The van der Waals surface area contributed by atoms with E-state index >= 15 is 0 Å². The molecule has 2 aliphatic carbocycles. The lowest BCUT2D eigenvalue weighted by molar-refractivity contribution is -0.171. The molecule has 3 unspecified atom stereocenters. The Labute approximate surface area is 129 Å². The van der Waals surface area contributed by atoms with Crippen LogP contribution in [-0.2, 0) is 4.74 Å². The van der Waals surface area contributed by atoms with E-state index in [0.29, 0.717) is 23.5 Å². The first-order chi connectivity index (χ1) is 10.3. The molecular formula is C17H31N3O. The second-order valence-electron chi connectivity index (χ2n) is 6.92. The minimum absolute atomic E-state index is 0.431. The molecule has 4 heteroatoms. The lowest BCUT2D eigenvalue weighted by Gasteiger charge is -2.63. The van der Waals surface area contributed by atoms with Crippen molar-refractivity contribution in [2.75, 3.05) is 19.7 Å². The molecule has 0 radical (unpaired) electrons. The molecular weight excluding hydrogens is 262 g/mol. The molecule has 0 aromatic heterocycles. The molecule has 0 bridgehead atoms. The van der Waals surface area contributed by atoms with E-state index in [0.717, 1.165) is 25.7 Å². The summed E-state index contributed by atoms with van der Waals surface area (Å²) in [6.07, 6.45) is 9.52. The molecule has 2 N–H and O–H groups in total. The molecule has 3 atom stereocenters. The summed E-state index contributed by atoms with van der Waals surface area (Å²) in [5.41, 5.74) is 0.431. The van der Waals surface area contributed by atoms with Crippen LogP contribution in [-0.4, -0.2) is 37.8 Å². The van der Waals surface area contributed by atoms with Crippen LogP contribution in [0.25, 0.3) is 0 Å². The number of fused-ring (bicyclic) bond motifs is 2. The van der Waals surface area contributed by atoms with E-state index in [9.17, 15) is 0 Å². The van der Waals surface area contributed by atoms with Gasteiger partial charge < -0.3 is 15.4 Å². The average molecular weight is 293 g/mol. The SMILES string of the molecule is CCCCCN=C(NCC)NC1C2CCOC2C12CCC2. The maximum Gasteiger partial charge on any atom is 0.191 e. The number of unbranched alkanes of at least 4 members (excludes halogenated alkanes) is 2. The van der Waals surface area contributed by atoms with Gasteiger partial charge in [-0.3, -0.25) is 4.99 Å². The second-order valence-corrected chi connectivity index (χ2v) is 6.92. The van der Waals surface area contributed by atoms with Crippen molar-refractivity contribution in [3.8, 4) is 0 Å². The van der Waals surface area contributed by atoms with Gasteiger partial charge in [0, 0.05) is 37.1 Å². The van der Waals surface area contributed by atoms with Gasteiger partial charge in [0.1, 0.15) is 0 Å². The maximum atomic E-state index is 5.99. The van der Waals surface area contributed by atoms with Crippen LogP contribution in [0.5, 0.6) is 0 Å². The van der Waals surface area contributed by atoms with Gasteiger partial charge in [0.25, 0.3) is 0 Å². The zero-order valence-electron chi connectivity index (χ0n) is 13.7. The van der Waals surface area contributed by atoms with Gasteiger partial charge in [-0.25, -0.2) is 0 Å². The van der Waals surface area contributed by atoms with Gasteiger partial charge in [-0.1, -0.05) is 26.2 Å². The maximum absolute atomic E-state index is 5.99. The fourth-order valence-corrected chi connectivity index (χ4v) is 4.48. The quantitative estimate of drug-likeness (QED) is 0.450. The number of nitrogens with zero attached hydrogens (tertiary/aromatic N) is 1. The van der Waals surface area contributed by atoms with Gasteiger partial charge in [0.2, 0.25) is 0 Å². The third-order valence-corrected chi connectivity index (χ3v) is 5.70. The number of rotatable bonds is 6. The van der Waals surface area contributed by atoms with Crippen molar-refractivity contribution >= 4 is 5.96 Å². The minimum Gasteiger partial charge on any atom is -0.377 e. The largest absolute Gasteiger partial charge is 0.377 e. The second kappa shape index (κ2) is 6.55. The predicted octanol–water partition coefficient (Wildman–Crippen LogP) is 2.69. The highest BCUT2D eigenvalue weighted by atomic mass is 16.5. The molecule has 2 saturated carbocycles. The monoisotopic (exact) mass is 293 g/mol. The molecule has 3 rings (SSSR count). The first-order valence-electron chi connectivity index (χ1n) is 8.98. The van der Waals surface area contributed by atoms with E-state index in [1.165, 1.54) is 44.9 Å². The minimum atomic E-state index is 0.431. The number of ether oxygens (including phenoxy) is 1. The number of nitrogens with one attached hydrogen (secondary N) is 2. The highest BCUT2D eigenvalue weighted by molar-refractivity contribution is 5.80. The van der Waals surface area contributed by atoms with Gasteiger partial charge in [-0.15, -0.1) is 0 Å². The lowest BCUT2D eigenvalue weighted by Crippen LogP contribution is -2.72. The molecule has 0 aromatic carbocycles. The Hall–Kier alpha value is -0.770. The van der Waals surface area contributed by atoms with Crippen molar-refractivity contribution in [2.45, 2.75) is 70.9 Å². The zero-order chi connectivity index (χ0) is 14.7. The topological polar surface area (TPSA) is 45.7 Å². The summed E-state index contributed by atoms with van der Waals surface area (Å²) >= 11 is 0. The molecule has 3 aliphatic rings. The van der Waals surface area contributed by atoms with Crippen LogP contribution in [0.3, 0.4) is 0 Å². The Balaban J connectivity index is 1.59. The fraction of sp³-hybridized carbons (Fsp3) is 0.941. The van der Waals surface area contributed by atoms with Crippen LogP contribution in [0.4, 0.5) is 0 Å². The fourth-order valence-electron chi connectivity index (χ4n) is 4.48. The summed E-state index contributed by atoms with van der Waals surface area (Å²) in [6, 6.07) is 0.586. The van der Waals surface area contributed by atoms with Gasteiger partial charge in [-0.2, -0.15) is 0 Å². The smallest absolute Gasteiger partial charge is 0.191 e. The van der Waals surface area contributed by atoms with Gasteiger partial charge in [0.15, 0.2) is 5.96 Å². The molecule has 120 valence electrons. The Morgan fingerprint density at radius 1 is 1.29 bits per heavy atom. The summed E-state index contributed by atoms with van der Waals surface area (Å²) < 4.78 is 5.99.